The number of azide groups is 2. The molecule has 4 heterocycles. The molecule has 496 valence electrons. The Morgan fingerprint density at radius 3 is 1.33 bits per heavy atom. The van der Waals surface area contributed by atoms with E-state index < -0.39 is 153 Å². The van der Waals surface area contributed by atoms with Crippen molar-refractivity contribution in [1.82, 2.24) is 0 Å². The lowest BCUT2D eigenvalue weighted by Crippen LogP contribution is -2.66. The summed E-state index contributed by atoms with van der Waals surface area (Å²) < 4.78 is 97.4. The third-order valence-corrected chi connectivity index (χ3v) is 16.6. The highest BCUT2D eigenvalue weighted by atomic mass is 16.8. The van der Waals surface area contributed by atoms with Crippen molar-refractivity contribution in [3.63, 3.8) is 0 Å². The van der Waals surface area contributed by atoms with E-state index in [2.05, 4.69) is 20.1 Å². The van der Waals surface area contributed by atoms with E-state index in [-0.39, 0.29) is 43.8 Å². The van der Waals surface area contributed by atoms with Gasteiger partial charge in [0.2, 0.25) is 6.29 Å². The van der Waals surface area contributed by atoms with Crippen LogP contribution in [0.2, 0.25) is 0 Å². The molecule has 4 aliphatic heterocycles. The topological polar surface area (TPSA) is 324 Å². The summed E-state index contributed by atoms with van der Waals surface area (Å²) in [7, 11) is 1.54. The molecular formula is C67H78N6O20. The number of benzene rings is 5. The number of hydrogen-bond donors (Lipinski definition) is 1. The molecule has 5 aromatic carbocycles. The maximum absolute atomic E-state index is 14.6. The molecule has 0 amide bonds. The predicted molar refractivity (Wildman–Crippen MR) is 328 cm³/mol. The van der Waals surface area contributed by atoms with Gasteiger partial charge in [-0.15, -0.1) is 0 Å². The standard InChI is InChI=1S/C67H78N6O20/c1-8-48-56(58(82-34-42-22-14-10-15-23-42)60(89-62(77)44-26-18-12-19-27-44)66(85-48)84-47-32-30-46(79-7)31-33-47)93-65-53(71-73-69)39(4)55(51(88-65)37-81-41(6)75)91-67-61(90-63(78)45-28-20-13-21-29-45)59(83-35-43-24-16-11-17-25-43)57(49(9-2)86-67)92-64-52(70-72-68)38(3)54(76)50(87-64)36-80-40(5)74/h10-33,38-39,48-61,64-67,76H,8-9,34-37H2,1-7H3/t38-,39-,48?,49?,50?,51?,52?,53?,54+,55+,56-,57-,58-,59-,60?,61?,64-,65+,66-,67+/m1/s1. The number of hydrogen-bond acceptors (Lipinski definition) is 22. The lowest BCUT2D eigenvalue weighted by Gasteiger charge is -2.51. The monoisotopic (exact) mass is 1290 g/mol. The van der Waals surface area contributed by atoms with Crippen LogP contribution in [-0.4, -0.2) is 160 Å². The number of carbonyl (C=O) groups excluding carboxylic acids is 4. The first kappa shape index (κ1) is 69.1. The van der Waals surface area contributed by atoms with Gasteiger partial charge >= 0.3 is 23.9 Å². The summed E-state index contributed by atoms with van der Waals surface area (Å²) in [5.41, 5.74) is 22.2. The van der Waals surface area contributed by atoms with Crippen LogP contribution >= 0.6 is 0 Å². The summed E-state index contributed by atoms with van der Waals surface area (Å²) in [6.45, 7) is 8.49. The second-order valence-electron chi connectivity index (χ2n) is 22.8. The minimum Gasteiger partial charge on any atom is -0.497 e. The van der Waals surface area contributed by atoms with Crippen LogP contribution in [0, 0.1) is 11.8 Å². The molecule has 9 rings (SSSR count). The molecule has 0 spiro atoms. The van der Waals surface area contributed by atoms with Gasteiger partial charge in [-0.3, -0.25) is 9.59 Å². The molecule has 0 bridgehead atoms. The maximum atomic E-state index is 14.6. The molecule has 4 aliphatic rings. The SMILES string of the molecule is CCC1O[C@@H](O[C@@H]2C(COC(C)=O)O[C@@H](O[C@@H]3C(CC)O[C@@H](Oc4ccc(OC)cc4)C(OC(=O)c4ccccc4)[C@@H]3OCc3ccccc3)C(N=[N+]=[N-])[C@H]2C)C(OC(=O)c2ccccc2)[C@H](OCc2ccccc2)[C@@H]1O[C@H]1OC(COC(C)=O)[C@@H](O)[C@H](C)C1N=[N+]=[N-]. The van der Waals surface area contributed by atoms with Crippen LogP contribution in [-0.2, 0) is 84.4 Å². The smallest absolute Gasteiger partial charge is 0.338 e. The highest BCUT2D eigenvalue weighted by molar-refractivity contribution is 5.90. The van der Waals surface area contributed by atoms with E-state index in [1.807, 2.05) is 67.6 Å². The first-order chi connectivity index (χ1) is 45.1. The Hall–Kier alpha value is -8.20. The third kappa shape index (κ3) is 17.7. The average Bonchev–Trinajstić information content (AvgIpc) is 0.775. The van der Waals surface area contributed by atoms with Gasteiger partial charge in [0, 0.05) is 23.7 Å². The zero-order valence-corrected chi connectivity index (χ0v) is 52.5. The van der Waals surface area contributed by atoms with Gasteiger partial charge in [0.15, 0.2) is 31.1 Å². The van der Waals surface area contributed by atoms with Crippen LogP contribution in [0.15, 0.2) is 156 Å². The van der Waals surface area contributed by atoms with Gasteiger partial charge in [-0.2, -0.15) is 0 Å². The molecule has 4 saturated heterocycles. The fourth-order valence-corrected chi connectivity index (χ4v) is 11.7. The molecule has 0 aromatic heterocycles. The summed E-state index contributed by atoms with van der Waals surface area (Å²) in [6.07, 6.45) is -20.1. The Balaban J connectivity index is 1.09. The van der Waals surface area contributed by atoms with Gasteiger partial charge in [-0.25, -0.2) is 9.59 Å². The Morgan fingerprint density at radius 2 is 0.882 bits per heavy atom. The van der Waals surface area contributed by atoms with Gasteiger partial charge in [0.05, 0.1) is 68.0 Å². The highest BCUT2D eigenvalue weighted by Gasteiger charge is 2.58. The second-order valence-corrected chi connectivity index (χ2v) is 22.8. The molecule has 0 aliphatic carbocycles. The quantitative estimate of drug-likeness (QED) is 0.0168. The average molecular weight is 1290 g/mol. The van der Waals surface area contributed by atoms with Crippen molar-refractivity contribution in [3.8, 4) is 11.5 Å². The molecule has 26 heteroatoms. The van der Waals surface area contributed by atoms with Crippen molar-refractivity contribution in [1.29, 1.82) is 0 Å². The van der Waals surface area contributed by atoms with E-state index >= 15 is 0 Å². The maximum Gasteiger partial charge on any atom is 0.338 e. The van der Waals surface area contributed by atoms with E-state index in [1.165, 1.54) is 21.0 Å². The number of methoxy groups -OCH3 is 1. The number of aliphatic hydroxyl groups excluding tert-OH is 1. The second kappa shape index (κ2) is 33.6. The van der Waals surface area contributed by atoms with E-state index in [1.54, 1.807) is 106 Å². The Labute approximate surface area is 538 Å². The normalized spacial score (nSPS) is 30.8. The number of aliphatic hydroxyl groups is 1. The van der Waals surface area contributed by atoms with Crippen LogP contribution in [0.4, 0.5) is 0 Å². The van der Waals surface area contributed by atoms with Crippen LogP contribution in [0.3, 0.4) is 0 Å². The van der Waals surface area contributed by atoms with Gasteiger partial charge < -0.3 is 76.2 Å². The fraction of sp³-hybridized carbons (Fsp3) is 0.493. The lowest BCUT2D eigenvalue weighted by molar-refractivity contribution is -0.370. The lowest BCUT2D eigenvalue weighted by atomic mass is 9.88. The fourth-order valence-electron chi connectivity index (χ4n) is 11.7. The van der Waals surface area contributed by atoms with Crippen molar-refractivity contribution in [2.45, 2.75) is 178 Å². The Morgan fingerprint density at radius 1 is 0.484 bits per heavy atom. The largest absolute Gasteiger partial charge is 0.497 e. The molecular weight excluding hydrogens is 1210 g/mol. The molecule has 20 atom stereocenters. The van der Waals surface area contributed by atoms with Gasteiger partial charge in [-0.05, 0) is 95.4 Å². The van der Waals surface area contributed by atoms with E-state index in [9.17, 15) is 35.3 Å². The van der Waals surface area contributed by atoms with E-state index in [0.29, 0.717) is 17.1 Å². The van der Waals surface area contributed by atoms with Gasteiger partial charge in [-0.1, -0.05) is 135 Å². The summed E-state index contributed by atoms with van der Waals surface area (Å²) in [5.74, 6) is -3.70. The molecule has 1 N–H and O–H groups in total. The van der Waals surface area contributed by atoms with Crippen LogP contribution in [0.1, 0.15) is 86.2 Å². The minimum absolute atomic E-state index is 0.0117. The highest BCUT2D eigenvalue weighted by Crippen LogP contribution is 2.42. The zero-order valence-electron chi connectivity index (χ0n) is 52.5. The number of ether oxygens (including phenoxy) is 15. The van der Waals surface area contributed by atoms with E-state index in [4.69, 9.17) is 71.1 Å². The number of esters is 4. The van der Waals surface area contributed by atoms with Crippen molar-refractivity contribution in [3.05, 3.63) is 189 Å². The first-order valence-corrected chi connectivity index (χ1v) is 30.9. The van der Waals surface area contributed by atoms with Gasteiger partial charge in [0.25, 0.3) is 0 Å². The number of carbonyl (C=O) groups is 4. The minimum atomic E-state index is -1.59. The summed E-state index contributed by atoms with van der Waals surface area (Å²) in [6, 6.07) is 39.3. The predicted octanol–water partition coefficient (Wildman–Crippen LogP) is 9.69. The van der Waals surface area contributed by atoms with Crippen molar-refractivity contribution in [2.24, 2.45) is 22.1 Å². The molecule has 4 fully saturated rings. The van der Waals surface area contributed by atoms with Gasteiger partial charge in [0.1, 0.15) is 61.3 Å². The molecule has 0 radical (unpaired) electrons. The van der Waals surface area contributed by atoms with E-state index in [0.717, 1.165) is 5.56 Å². The first-order valence-electron chi connectivity index (χ1n) is 30.9. The molecule has 8 unspecified atom stereocenters. The summed E-state index contributed by atoms with van der Waals surface area (Å²) >= 11 is 0. The van der Waals surface area contributed by atoms with Crippen LogP contribution < -0.4 is 9.47 Å². The van der Waals surface area contributed by atoms with Crippen LogP contribution in [0.5, 0.6) is 11.5 Å². The molecule has 0 saturated carbocycles. The van der Waals surface area contributed by atoms with Crippen molar-refractivity contribution in [2.75, 3.05) is 20.3 Å². The van der Waals surface area contributed by atoms with Crippen LogP contribution in [0.25, 0.3) is 20.9 Å². The summed E-state index contributed by atoms with van der Waals surface area (Å²) in [5, 5.41) is 19.7. The third-order valence-electron chi connectivity index (χ3n) is 16.6. The zero-order chi connectivity index (χ0) is 66.0. The molecule has 26 nitrogen and oxygen atoms in total. The molecule has 93 heavy (non-hydrogen) atoms. The molecule has 5 aromatic rings. The number of rotatable bonds is 27. The van der Waals surface area contributed by atoms with Crippen molar-refractivity contribution >= 4 is 23.9 Å². The Bertz CT molecular complexity index is 3300. The summed E-state index contributed by atoms with van der Waals surface area (Å²) in [4.78, 5) is 60.1. The Kier molecular flexibility index (Phi) is 25.0. The number of nitrogens with zero attached hydrogens (tertiary/aromatic N) is 6. The van der Waals surface area contributed by atoms with Crippen molar-refractivity contribution < 1.29 is 95.3 Å².